The first-order valence-corrected chi connectivity index (χ1v) is 9.14. The Balaban J connectivity index is 1.95. The van der Waals surface area contributed by atoms with Gasteiger partial charge in [0.1, 0.15) is 6.61 Å². The van der Waals surface area contributed by atoms with E-state index in [9.17, 15) is 14.4 Å². The summed E-state index contributed by atoms with van der Waals surface area (Å²) in [6, 6.07) is 13.3. The summed E-state index contributed by atoms with van der Waals surface area (Å²) in [5.74, 6) is -0.532. The zero-order chi connectivity index (χ0) is 21.2. The topological polar surface area (TPSA) is 106 Å². The van der Waals surface area contributed by atoms with Crippen molar-refractivity contribution in [2.24, 2.45) is 5.92 Å². The quantitative estimate of drug-likeness (QED) is 0.587. The Morgan fingerprint density at radius 2 is 1.52 bits per heavy atom. The second-order valence-corrected chi connectivity index (χ2v) is 6.51. The highest BCUT2D eigenvalue weighted by molar-refractivity contribution is 6.05. The summed E-state index contributed by atoms with van der Waals surface area (Å²) >= 11 is 0. The molecule has 0 atom stereocenters. The van der Waals surface area contributed by atoms with Gasteiger partial charge in [-0.05, 0) is 42.5 Å². The molecule has 0 saturated heterocycles. The van der Waals surface area contributed by atoms with Crippen LogP contribution < -0.4 is 16.0 Å². The molecule has 29 heavy (non-hydrogen) atoms. The number of anilines is 3. The van der Waals surface area contributed by atoms with Crippen LogP contribution in [0.15, 0.2) is 48.5 Å². The minimum Gasteiger partial charge on any atom is -0.447 e. The molecule has 2 aromatic rings. The van der Waals surface area contributed by atoms with Crippen LogP contribution in [0.2, 0.25) is 0 Å². The standard InChI is InChI=1S/C21H25N3O5/c1-14(2)19(25)22-16-9-7-15(8-10-16)20(26)23-17-5-4-6-18(13-17)24-21(27)29-12-11-28-3/h4-10,13-14H,11-12H2,1-3H3,(H,22,25)(H,23,26)(H,24,27). The van der Waals surface area contributed by atoms with Gasteiger partial charge >= 0.3 is 6.09 Å². The minimum absolute atomic E-state index is 0.0905. The van der Waals surface area contributed by atoms with Crippen molar-refractivity contribution >= 4 is 35.0 Å². The molecule has 0 saturated carbocycles. The number of hydrogen-bond acceptors (Lipinski definition) is 5. The first kappa shape index (κ1) is 21.9. The molecule has 0 aliphatic carbocycles. The van der Waals surface area contributed by atoms with Crippen molar-refractivity contribution in [3.8, 4) is 0 Å². The van der Waals surface area contributed by atoms with Crippen molar-refractivity contribution in [2.75, 3.05) is 36.3 Å². The summed E-state index contributed by atoms with van der Waals surface area (Å²) in [6.07, 6.45) is -0.607. The number of ether oxygens (including phenoxy) is 2. The Morgan fingerprint density at radius 1 is 0.862 bits per heavy atom. The fraction of sp³-hybridized carbons (Fsp3) is 0.286. The van der Waals surface area contributed by atoms with E-state index < -0.39 is 6.09 Å². The molecule has 2 aromatic carbocycles. The second-order valence-electron chi connectivity index (χ2n) is 6.51. The van der Waals surface area contributed by atoms with E-state index in [1.54, 1.807) is 62.4 Å². The van der Waals surface area contributed by atoms with Gasteiger partial charge in [0.2, 0.25) is 5.91 Å². The molecule has 0 bridgehead atoms. The summed E-state index contributed by atoms with van der Waals surface area (Å²) in [4.78, 5) is 35.8. The van der Waals surface area contributed by atoms with E-state index in [0.29, 0.717) is 29.2 Å². The lowest BCUT2D eigenvalue weighted by Gasteiger charge is -2.10. The predicted molar refractivity (Wildman–Crippen MR) is 111 cm³/mol. The summed E-state index contributed by atoms with van der Waals surface area (Å²) in [5.41, 5.74) is 2.06. The molecule has 3 amide bonds. The molecule has 3 N–H and O–H groups in total. The Bertz CT molecular complexity index is 850. The van der Waals surface area contributed by atoms with E-state index >= 15 is 0 Å². The van der Waals surface area contributed by atoms with Crippen LogP contribution in [0.3, 0.4) is 0 Å². The third kappa shape index (κ3) is 7.27. The molecule has 0 radical (unpaired) electrons. The van der Waals surface area contributed by atoms with Crippen LogP contribution in [-0.2, 0) is 14.3 Å². The van der Waals surface area contributed by atoms with Gasteiger partial charge in [0.25, 0.3) is 5.91 Å². The molecule has 0 unspecified atom stereocenters. The second kappa shape index (κ2) is 10.8. The van der Waals surface area contributed by atoms with Crippen molar-refractivity contribution in [1.29, 1.82) is 0 Å². The van der Waals surface area contributed by atoms with Gasteiger partial charge in [-0.25, -0.2) is 4.79 Å². The zero-order valence-corrected chi connectivity index (χ0v) is 16.7. The van der Waals surface area contributed by atoms with Gasteiger partial charge < -0.3 is 20.1 Å². The van der Waals surface area contributed by atoms with Crippen LogP contribution in [0.4, 0.5) is 21.9 Å². The summed E-state index contributed by atoms with van der Waals surface area (Å²) < 4.78 is 9.75. The first-order valence-electron chi connectivity index (χ1n) is 9.14. The smallest absolute Gasteiger partial charge is 0.411 e. The van der Waals surface area contributed by atoms with Gasteiger partial charge in [0.15, 0.2) is 0 Å². The maximum atomic E-state index is 12.4. The van der Waals surface area contributed by atoms with Gasteiger partial charge in [-0.15, -0.1) is 0 Å². The number of carbonyl (C=O) groups is 3. The molecule has 0 fully saturated rings. The number of amides is 3. The van der Waals surface area contributed by atoms with Crippen LogP contribution in [0.25, 0.3) is 0 Å². The van der Waals surface area contributed by atoms with Crippen LogP contribution in [0, 0.1) is 5.92 Å². The molecule has 0 aromatic heterocycles. The lowest BCUT2D eigenvalue weighted by molar-refractivity contribution is -0.118. The Hall–Kier alpha value is -3.39. The molecule has 8 nitrogen and oxygen atoms in total. The van der Waals surface area contributed by atoms with Crippen molar-refractivity contribution in [3.63, 3.8) is 0 Å². The molecule has 8 heteroatoms. The summed E-state index contributed by atoms with van der Waals surface area (Å²) in [6.45, 7) is 4.06. The molecular weight excluding hydrogens is 374 g/mol. The van der Waals surface area contributed by atoms with Crippen LogP contribution >= 0.6 is 0 Å². The highest BCUT2D eigenvalue weighted by Crippen LogP contribution is 2.17. The number of methoxy groups -OCH3 is 1. The Kier molecular flexibility index (Phi) is 8.17. The molecular formula is C21H25N3O5. The van der Waals surface area contributed by atoms with Gasteiger partial charge in [0.05, 0.1) is 6.61 Å². The van der Waals surface area contributed by atoms with Gasteiger partial charge in [-0.3, -0.25) is 14.9 Å². The number of carbonyl (C=O) groups excluding carboxylic acids is 3. The van der Waals surface area contributed by atoms with E-state index in [0.717, 1.165) is 0 Å². The van der Waals surface area contributed by atoms with E-state index in [4.69, 9.17) is 9.47 Å². The first-order chi connectivity index (χ1) is 13.9. The third-order valence-corrected chi connectivity index (χ3v) is 3.83. The van der Waals surface area contributed by atoms with E-state index in [1.165, 1.54) is 7.11 Å². The third-order valence-electron chi connectivity index (χ3n) is 3.83. The van der Waals surface area contributed by atoms with Gasteiger partial charge in [-0.2, -0.15) is 0 Å². The molecule has 154 valence electrons. The summed E-state index contributed by atoms with van der Waals surface area (Å²) in [5, 5.41) is 8.12. The average molecular weight is 399 g/mol. The van der Waals surface area contributed by atoms with Crippen molar-refractivity contribution in [3.05, 3.63) is 54.1 Å². The average Bonchev–Trinajstić information content (AvgIpc) is 2.69. The normalized spacial score (nSPS) is 10.3. The molecule has 0 heterocycles. The van der Waals surface area contributed by atoms with Gasteiger partial charge in [-0.1, -0.05) is 19.9 Å². The SMILES string of the molecule is COCCOC(=O)Nc1cccc(NC(=O)c2ccc(NC(=O)C(C)C)cc2)c1. The molecule has 2 rings (SSSR count). The number of benzene rings is 2. The largest absolute Gasteiger partial charge is 0.447 e. The van der Waals surface area contributed by atoms with E-state index in [1.807, 2.05) is 0 Å². The molecule has 0 aliphatic heterocycles. The minimum atomic E-state index is -0.607. The van der Waals surface area contributed by atoms with Gasteiger partial charge in [0, 0.05) is 35.7 Å². The fourth-order valence-corrected chi connectivity index (χ4v) is 2.24. The Labute approximate surface area is 169 Å². The fourth-order valence-electron chi connectivity index (χ4n) is 2.24. The highest BCUT2D eigenvalue weighted by Gasteiger charge is 2.10. The number of rotatable bonds is 8. The van der Waals surface area contributed by atoms with Crippen LogP contribution in [-0.4, -0.2) is 38.2 Å². The van der Waals surface area contributed by atoms with E-state index in [2.05, 4.69) is 16.0 Å². The highest BCUT2D eigenvalue weighted by atomic mass is 16.6. The van der Waals surface area contributed by atoms with Crippen LogP contribution in [0.5, 0.6) is 0 Å². The zero-order valence-electron chi connectivity index (χ0n) is 16.7. The maximum absolute atomic E-state index is 12.4. The van der Waals surface area contributed by atoms with Crippen molar-refractivity contribution in [1.82, 2.24) is 0 Å². The monoisotopic (exact) mass is 399 g/mol. The Morgan fingerprint density at radius 3 is 2.14 bits per heavy atom. The van der Waals surface area contributed by atoms with Crippen molar-refractivity contribution < 1.29 is 23.9 Å². The molecule has 0 aliphatic rings. The van der Waals surface area contributed by atoms with E-state index in [-0.39, 0.29) is 24.3 Å². The number of nitrogens with one attached hydrogen (secondary N) is 3. The lowest BCUT2D eigenvalue weighted by Crippen LogP contribution is -2.18. The molecule has 0 spiro atoms. The lowest BCUT2D eigenvalue weighted by atomic mass is 10.1. The predicted octanol–water partition coefficient (Wildman–Crippen LogP) is 3.73. The number of hydrogen-bond donors (Lipinski definition) is 3. The van der Waals surface area contributed by atoms with Crippen molar-refractivity contribution in [2.45, 2.75) is 13.8 Å². The summed E-state index contributed by atoms with van der Waals surface area (Å²) in [7, 11) is 1.52. The maximum Gasteiger partial charge on any atom is 0.411 e. The van der Waals surface area contributed by atoms with Crippen LogP contribution in [0.1, 0.15) is 24.2 Å².